The first-order chi connectivity index (χ1) is 13.3. The predicted molar refractivity (Wildman–Crippen MR) is 103 cm³/mol. The number of carboxylic acids is 1. The van der Waals surface area contributed by atoms with Gasteiger partial charge in [-0.1, -0.05) is 26.0 Å². The third-order valence-corrected chi connectivity index (χ3v) is 5.50. The Morgan fingerprint density at radius 2 is 2.14 bits per heavy atom. The van der Waals surface area contributed by atoms with E-state index in [2.05, 4.69) is 5.10 Å². The van der Waals surface area contributed by atoms with Gasteiger partial charge < -0.3 is 19.5 Å². The second kappa shape index (κ2) is 6.20. The Balaban J connectivity index is 2.08. The Bertz CT molecular complexity index is 1160. The molecule has 4 rings (SSSR count). The fourth-order valence-electron chi connectivity index (χ4n) is 3.83. The highest BCUT2D eigenvalue weighted by molar-refractivity contribution is 5.96. The molecule has 2 N–H and O–H groups in total. The molecule has 0 spiro atoms. The van der Waals surface area contributed by atoms with E-state index in [4.69, 9.17) is 4.74 Å². The Kier molecular flexibility index (Phi) is 4.04. The van der Waals surface area contributed by atoms with Gasteiger partial charge in [0.1, 0.15) is 16.8 Å². The zero-order valence-corrected chi connectivity index (χ0v) is 15.8. The van der Waals surface area contributed by atoms with Crippen LogP contribution < -0.4 is 10.2 Å². The van der Waals surface area contributed by atoms with Crippen LogP contribution in [0.1, 0.15) is 30.2 Å². The van der Waals surface area contributed by atoms with E-state index in [-0.39, 0.29) is 18.2 Å². The second-order valence-electron chi connectivity index (χ2n) is 7.70. The van der Waals surface area contributed by atoms with Crippen molar-refractivity contribution in [1.82, 2.24) is 14.3 Å². The van der Waals surface area contributed by atoms with Crippen LogP contribution in [0.4, 0.5) is 0 Å². The van der Waals surface area contributed by atoms with Gasteiger partial charge >= 0.3 is 5.97 Å². The number of hydrogen-bond donors (Lipinski definition) is 2. The molecule has 0 bridgehead atoms. The number of ether oxygens (including phenoxy) is 1. The zero-order chi connectivity index (χ0) is 20.2. The van der Waals surface area contributed by atoms with Gasteiger partial charge in [-0.05, 0) is 6.07 Å². The van der Waals surface area contributed by atoms with Crippen LogP contribution in [0.2, 0.25) is 0 Å². The molecular formula is C20H21N3O5. The Labute approximate surface area is 160 Å². The first-order valence-electron chi connectivity index (χ1n) is 8.92. The van der Waals surface area contributed by atoms with Gasteiger partial charge in [0, 0.05) is 23.1 Å². The summed E-state index contributed by atoms with van der Waals surface area (Å²) in [6.45, 7) is 4.12. The van der Waals surface area contributed by atoms with E-state index < -0.39 is 16.8 Å². The molecule has 28 heavy (non-hydrogen) atoms. The number of rotatable bonds is 4. The van der Waals surface area contributed by atoms with Gasteiger partial charge in [0.2, 0.25) is 0 Å². The number of aromatic carboxylic acids is 1. The number of fused-ring (bicyclic) bond motifs is 5. The number of carboxylic acid groups (broad SMARTS) is 1. The number of pyridine rings is 1. The molecule has 0 saturated heterocycles. The van der Waals surface area contributed by atoms with Crippen LogP contribution >= 0.6 is 0 Å². The predicted octanol–water partition coefficient (Wildman–Crippen LogP) is 2.14. The highest BCUT2D eigenvalue weighted by Crippen LogP contribution is 2.42. The van der Waals surface area contributed by atoms with Crippen molar-refractivity contribution < 1.29 is 19.7 Å². The number of hydrogen-bond acceptors (Lipinski definition) is 5. The van der Waals surface area contributed by atoms with E-state index >= 15 is 0 Å². The molecule has 0 unspecified atom stereocenters. The highest BCUT2D eigenvalue weighted by Gasteiger charge is 2.37. The average molecular weight is 383 g/mol. The van der Waals surface area contributed by atoms with Crippen molar-refractivity contribution in [3.05, 3.63) is 46.2 Å². The first kappa shape index (κ1) is 18.2. The van der Waals surface area contributed by atoms with E-state index in [1.54, 1.807) is 11.7 Å². The van der Waals surface area contributed by atoms with Gasteiger partial charge in [0.25, 0.3) is 0 Å². The van der Waals surface area contributed by atoms with Crippen LogP contribution in [0.15, 0.2) is 35.3 Å². The quantitative estimate of drug-likeness (QED) is 0.715. The zero-order valence-electron chi connectivity index (χ0n) is 15.8. The summed E-state index contributed by atoms with van der Waals surface area (Å²) < 4.78 is 9.02. The molecule has 0 radical (unpaired) electrons. The fraction of sp³-hybridized carbons (Fsp3) is 0.350. The average Bonchev–Trinajstić information content (AvgIpc) is 3.05. The van der Waals surface area contributed by atoms with Gasteiger partial charge in [-0.3, -0.25) is 9.48 Å². The maximum Gasteiger partial charge on any atom is 0.341 e. The summed E-state index contributed by atoms with van der Waals surface area (Å²) in [6.07, 6.45) is 1.38. The lowest BCUT2D eigenvalue weighted by molar-refractivity contribution is 0.0689. The molecule has 3 aromatic rings. The molecule has 8 heteroatoms. The largest absolute Gasteiger partial charge is 0.494 e. The summed E-state index contributed by atoms with van der Waals surface area (Å²) in [7, 11) is 1.57. The number of aliphatic hydroxyl groups is 1. The SMILES string of the molecule is COc1cccc2c3n(nc12)C[C@@H](C(C)(C)CO)n1cc(C(=O)O)c(=O)cc1-3. The normalized spacial score (nSPS) is 15.9. The molecule has 0 aliphatic carbocycles. The summed E-state index contributed by atoms with van der Waals surface area (Å²) in [5, 5.41) is 24.8. The van der Waals surface area contributed by atoms with E-state index in [0.717, 1.165) is 11.1 Å². The molecule has 3 heterocycles. The van der Waals surface area contributed by atoms with Gasteiger partial charge in [0.15, 0.2) is 5.43 Å². The number of aromatic nitrogens is 3. The molecular weight excluding hydrogens is 362 g/mol. The van der Waals surface area contributed by atoms with Crippen molar-refractivity contribution in [3.63, 3.8) is 0 Å². The van der Waals surface area contributed by atoms with E-state index in [1.165, 1.54) is 12.3 Å². The number of methoxy groups -OCH3 is 1. The van der Waals surface area contributed by atoms with Crippen LogP contribution in [0.3, 0.4) is 0 Å². The summed E-state index contributed by atoms with van der Waals surface area (Å²) in [5.41, 5.74) is 0.544. The van der Waals surface area contributed by atoms with Crippen LogP contribution in [0.5, 0.6) is 5.75 Å². The molecule has 0 fully saturated rings. The first-order valence-corrected chi connectivity index (χ1v) is 8.92. The van der Waals surface area contributed by atoms with Crippen molar-refractivity contribution in [2.75, 3.05) is 13.7 Å². The number of nitrogens with zero attached hydrogens (tertiary/aromatic N) is 3. The van der Waals surface area contributed by atoms with Gasteiger partial charge in [0.05, 0.1) is 37.7 Å². The van der Waals surface area contributed by atoms with Crippen molar-refractivity contribution >= 4 is 16.9 Å². The maximum absolute atomic E-state index is 12.5. The smallest absolute Gasteiger partial charge is 0.341 e. The van der Waals surface area contributed by atoms with Crippen molar-refractivity contribution in [2.45, 2.75) is 26.4 Å². The summed E-state index contributed by atoms with van der Waals surface area (Å²) in [6, 6.07) is 6.61. The third-order valence-electron chi connectivity index (χ3n) is 5.50. The number of aliphatic hydroxyl groups excluding tert-OH is 1. The lowest BCUT2D eigenvalue weighted by Gasteiger charge is -2.39. The topological polar surface area (TPSA) is 107 Å². The molecule has 0 amide bonds. The molecule has 1 aliphatic heterocycles. The monoisotopic (exact) mass is 383 g/mol. The number of carbonyl (C=O) groups is 1. The Hall–Kier alpha value is -3.13. The van der Waals surface area contributed by atoms with Crippen molar-refractivity contribution in [1.29, 1.82) is 0 Å². The molecule has 8 nitrogen and oxygen atoms in total. The minimum atomic E-state index is -1.27. The Morgan fingerprint density at radius 3 is 2.79 bits per heavy atom. The molecule has 1 atom stereocenters. The molecule has 1 aromatic carbocycles. The van der Waals surface area contributed by atoms with Crippen LogP contribution in [0, 0.1) is 5.41 Å². The minimum Gasteiger partial charge on any atom is -0.494 e. The van der Waals surface area contributed by atoms with E-state index in [1.807, 2.05) is 36.7 Å². The van der Waals surface area contributed by atoms with Crippen molar-refractivity contribution in [3.8, 4) is 17.1 Å². The van der Waals surface area contributed by atoms with Crippen LogP contribution in [-0.4, -0.2) is 44.2 Å². The Morgan fingerprint density at radius 1 is 1.39 bits per heavy atom. The minimum absolute atomic E-state index is 0.106. The standard InChI is InChI=1S/C20H21N3O5/c1-20(2,10-24)16-9-23-18(11-5-4-6-15(28-3)17(11)21-23)13-7-14(25)12(19(26)27)8-22(13)16/h4-8,16,24H,9-10H2,1-3H3,(H,26,27)/t16-/m0/s1. The van der Waals surface area contributed by atoms with Gasteiger partial charge in [-0.25, -0.2) is 4.79 Å². The van der Waals surface area contributed by atoms with Gasteiger partial charge in [-0.15, -0.1) is 0 Å². The lowest BCUT2D eigenvalue weighted by atomic mass is 9.83. The maximum atomic E-state index is 12.5. The lowest BCUT2D eigenvalue weighted by Crippen LogP contribution is -2.38. The van der Waals surface area contributed by atoms with Crippen LogP contribution in [-0.2, 0) is 6.54 Å². The summed E-state index contributed by atoms with van der Waals surface area (Å²) in [5.74, 6) is -0.653. The third kappa shape index (κ3) is 2.52. The molecule has 146 valence electrons. The molecule has 2 aromatic heterocycles. The summed E-state index contributed by atoms with van der Waals surface area (Å²) in [4.78, 5) is 24.0. The number of benzene rings is 1. The van der Waals surface area contributed by atoms with Gasteiger partial charge in [-0.2, -0.15) is 5.10 Å². The highest BCUT2D eigenvalue weighted by atomic mass is 16.5. The van der Waals surface area contributed by atoms with Crippen LogP contribution in [0.25, 0.3) is 22.3 Å². The molecule has 0 saturated carbocycles. The van der Waals surface area contributed by atoms with E-state index in [0.29, 0.717) is 23.5 Å². The van der Waals surface area contributed by atoms with E-state index in [9.17, 15) is 19.8 Å². The fourth-order valence-corrected chi connectivity index (χ4v) is 3.83. The summed E-state index contributed by atoms with van der Waals surface area (Å²) >= 11 is 0. The van der Waals surface area contributed by atoms with Crippen molar-refractivity contribution in [2.24, 2.45) is 5.41 Å². The molecule has 1 aliphatic rings. The second-order valence-corrected chi connectivity index (χ2v) is 7.70.